The van der Waals surface area contributed by atoms with E-state index in [1.165, 1.54) is 0 Å². The highest BCUT2D eigenvalue weighted by atomic mass is 16.6. The van der Waals surface area contributed by atoms with Crippen LogP contribution >= 0.6 is 0 Å². The van der Waals surface area contributed by atoms with Crippen molar-refractivity contribution in [2.45, 2.75) is 89.4 Å². The second-order valence-corrected chi connectivity index (χ2v) is 10.1. The number of hydrogen-bond donors (Lipinski definition) is 3. The molecule has 4 aliphatic rings. The summed E-state index contributed by atoms with van der Waals surface area (Å²) in [5.41, 5.74) is -1.90. The van der Waals surface area contributed by atoms with Gasteiger partial charge in [0.2, 0.25) is 0 Å². The summed E-state index contributed by atoms with van der Waals surface area (Å²) in [6, 6.07) is 0. The number of epoxide rings is 1. The van der Waals surface area contributed by atoms with Crippen LogP contribution < -0.4 is 0 Å². The van der Waals surface area contributed by atoms with Crippen LogP contribution in [0.5, 0.6) is 0 Å². The summed E-state index contributed by atoms with van der Waals surface area (Å²) in [5, 5.41) is 30.5. The molecule has 3 N–H and O–H groups in total. The summed E-state index contributed by atoms with van der Waals surface area (Å²) in [5.74, 6) is -0.792. The number of aliphatic hydroxyl groups is 2. The van der Waals surface area contributed by atoms with E-state index in [0.717, 1.165) is 38.5 Å². The van der Waals surface area contributed by atoms with Crippen LogP contribution in [0.4, 0.5) is 0 Å². The van der Waals surface area contributed by atoms with Crippen LogP contribution in [0, 0.1) is 22.2 Å². The third kappa shape index (κ3) is 1.93. The summed E-state index contributed by atoms with van der Waals surface area (Å²) in [6.45, 7) is 6.44. The number of fused-ring (bicyclic) bond motifs is 1. The Balaban J connectivity index is 1.74. The smallest absolute Gasteiger partial charge is 0.309 e. The van der Waals surface area contributed by atoms with Gasteiger partial charge >= 0.3 is 5.97 Å². The molecule has 0 aromatic carbocycles. The minimum absolute atomic E-state index is 0.0102. The number of aliphatic hydroxyl groups excluding tert-OH is 2. The van der Waals surface area contributed by atoms with Crippen LogP contribution in [0.2, 0.25) is 0 Å². The molecular weight excluding hydrogens is 320 g/mol. The second-order valence-electron chi connectivity index (χ2n) is 10.1. The van der Waals surface area contributed by atoms with E-state index < -0.39 is 23.1 Å². The monoisotopic (exact) mass is 352 g/mol. The van der Waals surface area contributed by atoms with E-state index in [2.05, 4.69) is 13.8 Å². The molecule has 0 bridgehead atoms. The molecule has 0 spiro atoms. The average Bonchev–Trinajstić information content (AvgIpc) is 3.22. The molecule has 1 aliphatic heterocycles. The molecule has 0 unspecified atom stereocenters. The minimum atomic E-state index is -0.785. The third-order valence-corrected chi connectivity index (χ3v) is 8.82. The molecule has 3 aliphatic carbocycles. The molecule has 0 amide bonds. The van der Waals surface area contributed by atoms with Crippen molar-refractivity contribution in [1.82, 2.24) is 0 Å². The second kappa shape index (κ2) is 4.99. The zero-order valence-electron chi connectivity index (χ0n) is 15.7. The fourth-order valence-corrected chi connectivity index (χ4v) is 7.30. The first-order valence-corrected chi connectivity index (χ1v) is 9.82. The molecule has 25 heavy (non-hydrogen) atoms. The molecular formula is C20H32O5. The highest BCUT2D eigenvalue weighted by Gasteiger charge is 2.86. The van der Waals surface area contributed by atoms with Crippen LogP contribution in [-0.4, -0.2) is 45.2 Å². The number of aliphatic carboxylic acids is 1. The number of carbonyl (C=O) groups is 1. The van der Waals surface area contributed by atoms with Crippen LogP contribution in [-0.2, 0) is 9.53 Å². The lowest BCUT2D eigenvalue weighted by Gasteiger charge is -2.59. The van der Waals surface area contributed by atoms with E-state index in [1.807, 2.05) is 6.92 Å². The Morgan fingerprint density at radius 3 is 2.52 bits per heavy atom. The maximum Gasteiger partial charge on any atom is 0.309 e. The molecule has 0 radical (unpaired) electrons. The predicted molar refractivity (Wildman–Crippen MR) is 92.0 cm³/mol. The molecule has 0 aromatic heterocycles. The van der Waals surface area contributed by atoms with Crippen LogP contribution in [0.15, 0.2) is 0 Å². The fourth-order valence-electron chi connectivity index (χ4n) is 7.30. The largest absolute Gasteiger partial charge is 0.481 e. The first-order chi connectivity index (χ1) is 11.6. The molecule has 5 nitrogen and oxygen atoms in total. The van der Waals surface area contributed by atoms with Gasteiger partial charge in [0.1, 0.15) is 11.2 Å². The van der Waals surface area contributed by atoms with Crippen molar-refractivity contribution in [2.24, 2.45) is 22.2 Å². The molecule has 7 atom stereocenters. The summed E-state index contributed by atoms with van der Waals surface area (Å²) in [7, 11) is 0. The van der Waals surface area contributed by atoms with Gasteiger partial charge in [-0.15, -0.1) is 0 Å². The average molecular weight is 352 g/mol. The SMILES string of the molecule is C[C@]1(CCO)CC[C@@]23O[C@]2(C1)[C@@H](O)C[C@H]1[C@](C)(C(=O)O)CCC[C@]13C. The molecule has 1 saturated heterocycles. The first kappa shape index (κ1) is 17.7. The highest BCUT2D eigenvalue weighted by molar-refractivity contribution is 5.75. The van der Waals surface area contributed by atoms with E-state index >= 15 is 0 Å². The molecule has 4 fully saturated rings. The quantitative estimate of drug-likeness (QED) is 0.680. The number of carboxylic acid groups (broad SMARTS) is 1. The van der Waals surface area contributed by atoms with Crippen LogP contribution in [0.3, 0.4) is 0 Å². The maximum absolute atomic E-state index is 12.1. The summed E-state index contributed by atoms with van der Waals surface area (Å²) >= 11 is 0. The van der Waals surface area contributed by atoms with Gasteiger partial charge < -0.3 is 20.1 Å². The lowest BCUT2D eigenvalue weighted by atomic mass is 9.42. The van der Waals surface area contributed by atoms with Gasteiger partial charge in [-0.25, -0.2) is 0 Å². The van der Waals surface area contributed by atoms with E-state index in [-0.39, 0.29) is 29.0 Å². The standard InChI is InChI=1S/C20H32O5/c1-16(9-10-21)7-8-20-18(3)6-4-5-17(2,15(23)24)13(18)11-14(22)19(20,12-16)25-20/h13-14,21-22H,4-12H2,1-3H3,(H,23,24)/t13-,14-,16+,17+,18+,19+,20-/m0/s1. The predicted octanol–water partition coefficient (Wildman–Crippen LogP) is 2.73. The van der Waals surface area contributed by atoms with E-state index in [0.29, 0.717) is 12.8 Å². The zero-order valence-corrected chi connectivity index (χ0v) is 15.7. The van der Waals surface area contributed by atoms with Gasteiger partial charge in [-0.2, -0.15) is 0 Å². The Bertz CT molecular complexity index is 607. The van der Waals surface area contributed by atoms with Crippen LogP contribution in [0.1, 0.15) is 72.1 Å². The lowest BCUT2D eigenvalue weighted by Crippen LogP contribution is -2.64. The van der Waals surface area contributed by atoms with Crippen molar-refractivity contribution < 1.29 is 24.9 Å². The lowest BCUT2D eigenvalue weighted by molar-refractivity contribution is -0.173. The Morgan fingerprint density at radius 1 is 1.16 bits per heavy atom. The Morgan fingerprint density at radius 2 is 1.88 bits per heavy atom. The van der Waals surface area contributed by atoms with Gasteiger partial charge in [-0.1, -0.05) is 20.3 Å². The maximum atomic E-state index is 12.1. The molecule has 0 aromatic rings. The van der Waals surface area contributed by atoms with E-state index in [4.69, 9.17) is 4.74 Å². The molecule has 1 heterocycles. The number of hydrogen-bond acceptors (Lipinski definition) is 4. The van der Waals surface area contributed by atoms with Gasteiger partial charge in [-0.05, 0) is 63.2 Å². The molecule has 4 rings (SSSR count). The first-order valence-electron chi connectivity index (χ1n) is 9.82. The third-order valence-electron chi connectivity index (χ3n) is 8.82. The number of rotatable bonds is 3. The van der Waals surface area contributed by atoms with E-state index in [9.17, 15) is 20.1 Å². The molecule has 142 valence electrons. The Hall–Kier alpha value is -0.650. The topological polar surface area (TPSA) is 90.3 Å². The summed E-state index contributed by atoms with van der Waals surface area (Å²) in [6.07, 6.45) is 5.79. The number of carboxylic acids is 1. The van der Waals surface area contributed by atoms with Crippen molar-refractivity contribution in [1.29, 1.82) is 0 Å². The van der Waals surface area contributed by atoms with Crippen molar-refractivity contribution in [3.63, 3.8) is 0 Å². The van der Waals surface area contributed by atoms with Gasteiger partial charge in [0.15, 0.2) is 0 Å². The van der Waals surface area contributed by atoms with Crippen molar-refractivity contribution in [3.8, 4) is 0 Å². The number of ether oxygens (including phenoxy) is 1. The summed E-state index contributed by atoms with van der Waals surface area (Å²) < 4.78 is 6.49. The van der Waals surface area contributed by atoms with Crippen LogP contribution in [0.25, 0.3) is 0 Å². The van der Waals surface area contributed by atoms with Crippen molar-refractivity contribution >= 4 is 5.97 Å². The van der Waals surface area contributed by atoms with Gasteiger partial charge in [0.25, 0.3) is 0 Å². The normalized spacial score (nSPS) is 57.2. The van der Waals surface area contributed by atoms with E-state index in [1.54, 1.807) is 0 Å². The summed E-state index contributed by atoms with van der Waals surface area (Å²) in [4.78, 5) is 12.1. The van der Waals surface area contributed by atoms with Crippen molar-refractivity contribution in [2.75, 3.05) is 6.61 Å². The molecule has 3 saturated carbocycles. The molecule has 5 heteroatoms. The minimum Gasteiger partial charge on any atom is -0.481 e. The van der Waals surface area contributed by atoms with Gasteiger partial charge in [0, 0.05) is 12.0 Å². The Labute approximate surface area is 149 Å². The van der Waals surface area contributed by atoms with Gasteiger partial charge in [-0.3, -0.25) is 4.79 Å². The fraction of sp³-hybridized carbons (Fsp3) is 0.950. The highest BCUT2D eigenvalue weighted by Crippen LogP contribution is 2.78. The zero-order chi connectivity index (χ0) is 18.3. The van der Waals surface area contributed by atoms with Crippen molar-refractivity contribution in [3.05, 3.63) is 0 Å². The Kier molecular flexibility index (Phi) is 3.54. The van der Waals surface area contributed by atoms with Gasteiger partial charge in [0.05, 0.1) is 11.5 Å².